The summed E-state index contributed by atoms with van der Waals surface area (Å²) >= 11 is 0. The average molecular weight is 261 g/mol. The minimum atomic E-state index is -0.302. The van der Waals surface area contributed by atoms with Gasteiger partial charge in [-0.3, -0.25) is 9.59 Å². The number of hydrogen-bond donors (Lipinski definition) is 2. The van der Waals surface area contributed by atoms with Crippen LogP contribution in [0.25, 0.3) is 0 Å². The lowest BCUT2D eigenvalue weighted by Gasteiger charge is -2.35. The van der Waals surface area contributed by atoms with Gasteiger partial charge in [-0.05, 0) is 25.0 Å². The number of piperidine rings is 1. The number of likely N-dealkylation sites (tertiary alicyclic amines) is 1. The maximum absolute atomic E-state index is 12.4. The molecule has 0 aliphatic carbocycles. The van der Waals surface area contributed by atoms with Crippen molar-refractivity contribution in [3.8, 4) is 5.75 Å². The average Bonchev–Trinajstić information content (AvgIpc) is 2.80. The van der Waals surface area contributed by atoms with Crippen LogP contribution in [0, 0.1) is 5.92 Å². The van der Waals surface area contributed by atoms with Crippen LogP contribution in [0.1, 0.15) is 23.3 Å². The van der Waals surface area contributed by atoms with E-state index in [4.69, 9.17) is 0 Å². The first-order valence-corrected chi connectivity index (χ1v) is 6.41. The molecular formula is C13H15N3O3. The van der Waals surface area contributed by atoms with E-state index >= 15 is 0 Å². The molecule has 2 N–H and O–H groups in total. The van der Waals surface area contributed by atoms with Crippen LogP contribution >= 0.6 is 0 Å². The number of fused-ring (bicyclic) bond motifs is 1. The first-order valence-electron chi connectivity index (χ1n) is 6.41. The Morgan fingerprint density at radius 2 is 2.37 bits per heavy atom. The van der Waals surface area contributed by atoms with Gasteiger partial charge < -0.3 is 15.3 Å². The van der Waals surface area contributed by atoms with Crippen LogP contribution in [-0.4, -0.2) is 45.9 Å². The quantitative estimate of drug-likeness (QED) is 0.753. The van der Waals surface area contributed by atoms with Gasteiger partial charge in [0.1, 0.15) is 5.75 Å². The highest BCUT2D eigenvalue weighted by Gasteiger charge is 2.43. The summed E-state index contributed by atoms with van der Waals surface area (Å²) in [6.07, 6.45) is 3.09. The van der Waals surface area contributed by atoms with Crippen LogP contribution in [-0.2, 0) is 4.79 Å². The van der Waals surface area contributed by atoms with E-state index in [1.54, 1.807) is 11.0 Å². The zero-order valence-electron chi connectivity index (χ0n) is 10.4. The lowest BCUT2D eigenvalue weighted by molar-refractivity contribution is -0.123. The van der Waals surface area contributed by atoms with Crippen molar-refractivity contribution in [1.82, 2.24) is 15.2 Å². The van der Waals surface area contributed by atoms with Gasteiger partial charge >= 0.3 is 0 Å². The third-order valence-electron chi connectivity index (χ3n) is 3.85. The Balaban J connectivity index is 1.87. The van der Waals surface area contributed by atoms with Crippen molar-refractivity contribution in [3.63, 3.8) is 0 Å². The second-order valence-corrected chi connectivity index (χ2v) is 4.93. The van der Waals surface area contributed by atoms with E-state index in [1.807, 2.05) is 0 Å². The molecule has 6 heteroatoms. The fraction of sp³-hybridized carbons (Fsp3) is 0.462. The molecule has 0 aromatic carbocycles. The molecule has 1 aromatic heterocycles. The summed E-state index contributed by atoms with van der Waals surface area (Å²) in [5.74, 6) is -0.521. The fourth-order valence-corrected chi connectivity index (χ4v) is 2.90. The standard InChI is InChI=1S/C13H15N3O3/c17-10-4-1-5-14-11(10)13(19)16-6-2-3-8-9(16)7-15-12(8)18/h1,4-5,8-9,17H,2-3,6-7H2,(H,15,18). The van der Waals surface area contributed by atoms with Crippen LogP contribution in [0.5, 0.6) is 5.75 Å². The zero-order chi connectivity index (χ0) is 13.4. The zero-order valence-corrected chi connectivity index (χ0v) is 10.4. The molecule has 2 aliphatic rings. The minimum Gasteiger partial charge on any atom is -0.505 e. The highest BCUT2D eigenvalue weighted by molar-refractivity contribution is 5.96. The maximum Gasteiger partial charge on any atom is 0.276 e. The number of nitrogens with zero attached hydrogens (tertiary/aromatic N) is 2. The molecule has 3 heterocycles. The Morgan fingerprint density at radius 3 is 3.16 bits per heavy atom. The summed E-state index contributed by atoms with van der Waals surface area (Å²) in [5, 5.41) is 12.5. The van der Waals surface area contributed by atoms with Gasteiger partial charge in [0.2, 0.25) is 5.91 Å². The van der Waals surface area contributed by atoms with E-state index < -0.39 is 0 Å². The molecular weight excluding hydrogens is 246 g/mol. The predicted octanol–water partition coefficient (Wildman–Crippen LogP) is 0.138. The van der Waals surface area contributed by atoms with Crippen molar-refractivity contribution in [2.45, 2.75) is 18.9 Å². The molecule has 2 aliphatic heterocycles. The molecule has 2 atom stereocenters. The number of carbonyl (C=O) groups is 2. The normalized spacial score (nSPS) is 25.9. The first kappa shape index (κ1) is 12.0. The van der Waals surface area contributed by atoms with E-state index in [-0.39, 0.29) is 35.2 Å². The number of carbonyl (C=O) groups excluding carboxylic acids is 2. The minimum absolute atomic E-state index is 0.0211. The lowest BCUT2D eigenvalue weighted by atomic mass is 9.91. The van der Waals surface area contributed by atoms with Gasteiger partial charge in [-0.15, -0.1) is 0 Å². The molecule has 0 radical (unpaired) electrons. The summed E-state index contributed by atoms with van der Waals surface area (Å²) in [6, 6.07) is 2.90. The van der Waals surface area contributed by atoms with E-state index in [0.717, 1.165) is 12.8 Å². The Hall–Kier alpha value is -2.11. The lowest BCUT2D eigenvalue weighted by Crippen LogP contribution is -2.48. The summed E-state index contributed by atoms with van der Waals surface area (Å²) in [4.78, 5) is 29.7. The predicted molar refractivity (Wildman–Crippen MR) is 66.5 cm³/mol. The maximum atomic E-state index is 12.4. The third-order valence-corrected chi connectivity index (χ3v) is 3.85. The fourth-order valence-electron chi connectivity index (χ4n) is 2.90. The van der Waals surface area contributed by atoms with Gasteiger partial charge in [0.15, 0.2) is 5.69 Å². The van der Waals surface area contributed by atoms with Crippen molar-refractivity contribution in [3.05, 3.63) is 24.0 Å². The smallest absolute Gasteiger partial charge is 0.276 e. The Labute approximate surface area is 110 Å². The van der Waals surface area contributed by atoms with Gasteiger partial charge in [0, 0.05) is 19.3 Å². The van der Waals surface area contributed by atoms with Crippen LogP contribution in [0.15, 0.2) is 18.3 Å². The second-order valence-electron chi connectivity index (χ2n) is 4.93. The number of pyridine rings is 1. The van der Waals surface area contributed by atoms with Crippen molar-refractivity contribution in [2.75, 3.05) is 13.1 Å². The highest BCUT2D eigenvalue weighted by atomic mass is 16.3. The van der Waals surface area contributed by atoms with Gasteiger partial charge in [-0.2, -0.15) is 0 Å². The largest absolute Gasteiger partial charge is 0.505 e. The topological polar surface area (TPSA) is 82.5 Å². The van der Waals surface area contributed by atoms with Crippen molar-refractivity contribution in [2.24, 2.45) is 5.92 Å². The number of hydrogen-bond acceptors (Lipinski definition) is 4. The molecule has 2 fully saturated rings. The van der Waals surface area contributed by atoms with Crippen LogP contribution in [0.2, 0.25) is 0 Å². The van der Waals surface area contributed by atoms with E-state index in [2.05, 4.69) is 10.3 Å². The molecule has 0 bridgehead atoms. The number of aromatic hydroxyl groups is 1. The van der Waals surface area contributed by atoms with Crippen LogP contribution in [0.4, 0.5) is 0 Å². The number of amides is 2. The molecule has 19 heavy (non-hydrogen) atoms. The van der Waals surface area contributed by atoms with E-state index in [9.17, 15) is 14.7 Å². The van der Waals surface area contributed by atoms with Gasteiger partial charge in [-0.25, -0.2) is 4.98 Å². The highest BCUT2D eigenvalue weighted by Crippen LogP contribution is 2.29. The monoisotopic (exact) mass is 261 g/mol. The number of aromatic nitrogens is 1. The molecule has 6 nitrogen and oxygen atoms in total. The van der Waals surface area contributed by atoms with Crippen molar-refractivity contribution < 1.29 is 14.7 Å². The summed E-state index contributed by atoms with van der Waals surface area (Å²) < 4.78 is 0. The Morgan fingerprint density at radius 1 is 1.53 bits per heavy atom. The molecule has 0 spiro atoms. The summed E-state index contributed by atoms with van der Waals surface area (Å²) in [5.41, 5.74) is 0.0579. The summed E-state index contributed by atoms with van der Waals surface area (Å²) in [7, 11) is 0. The first-order chi connectivity index (χ1) is 9.18. The molecule has 2 saturated heterocycles. The number of nitrogens with one attached hydrogen (secondary N) is 1. The van der Waals surface area contributed by atoms with E-state index in [0.29, 0.717) is 13.1 Å². The van der Waals surface area contributed by atoms with E-state index in [1.165, 1.54) is 12.3 Å². The summed E-state index contributed by atoms with van der Waals surface area (Å²) in [6.45, 7) is 1.09. The molecule has 3 rings (SSSR count). The number of rotatable bonds is 1. The molecule has 0 saturated carbocycles. The molecule has 2 unspecified atom stereocenters. The van der Waals surface area contributed by atoms with Gasteiger partial charge in [0.25, 0.3) is 5.91 Å². The SMILES string of the molecule is O=C1NCC2C1CCCN2C(=O)c1ncccc1O. The molecule has 1 aromatic rings. The van der Waals surface area contributed by atoms with Crippen molar-refractivity contribution in [1.29, 1.82) is 0 Å². The Bertz CT molecular complexity index is 532. The molecule has 100 valence electrons. The van der Waals surface area contributed by atoms with Gasteiger partial charge in [-0.1, -0.05) is 0 Å². The van der Waals surface area contributed by atoms with Gasteiger partial charge in [0.05, 0.1) is 12.0 Å². The van der Waals surface area contributed by atoms with Crippen molar-refractivity contribution >= 4 is 11.8 Å². The van der Waals surface area contributed by atoms with Crippen LogP contribution in [0.3, 0.4) is 0 Å². The third kappa shape index (κ3) is 1.93. The molecule has 2 amide bonds. The Kier molecular flexibility index (Phi) is 2.85. The van der Waals surface area contributed by atoms with Crippen LogP contribution < -0.4 is 5.32 Å². The second kappa shape index (κ2) is 4.53.